The number of hydroxylamine groups is 1. The van der Waals surface area contributed by atoms with E-state index in [9.17, 15) is 4.79 Å². The van der Waals surface area contributed by atoms with E-state index in [1.807, 2.05) is 35.8 Å². The fourth-order valence-corrected chi connectivity index (χ4v) is 4.39. The number of hydrogen-bond donors (Lipinski definition) is 3. The van der Waals surface area contributed by atoms with Gasteiger partial charge in [-0.15, -0.1) is 0 Å². The average Bonchev–Trinajstić information content (AvgIpc) is 2.78. The van der Waals surface area contributed by atoms with Crippen molar-refractivity contribution in [3.05, 3.63) is 71.8 Å². The highest BCUT2D eigenvalue weighted by Gasteiger charge is 2.41. The first-order chi connectivity index (χ1) is 14.2. The first-order valence-corrected chi connectivity index (χ1v) is 10.1. The van der Waals surface area contributed by atoms with Crippen molar-refractivity contribution in [1.29, 1.82) is 0 Å². The number of fused-ring (bicyclic) bond motifs is 1. The summed E-state index contributed by atoms with van der Waals surface area (Å²) in [6.07, 6.45) is 4.03. The molecule has 0 spiro atoms. The van der Waals surface area contributed by atoms with Crippen LogP contribution in [-0.4, -0.2) is 36.3 Å². The molecule has 1 fully saturated rings. The lowest BCUT2D eigenvalue weighted by Crippen LogP contribution is -2.57. The number of carbonyl (C=O) groups excluding carboxylic acids is 1. The SMILES string of the molecule is O=C(CC1(N2CC=C(OCc3ccccc3)c3ccccc32)CCNCC1)NO. The maximum absolute atomic E-state index is 12.1. The number of benzene rings is 2. The Morgan fingerprint density at radius 3 is 2.59 bits per heavy atom. The molecular weight excluding hydrogens is 366 g/mol. The molecule has 2 aromatic rings. The van der Waals surface area contributed by atoms with Crippen LogP contribution in [0.2, 0.25) is 0 Å². The van der Waals surface area contributed by atoms with Crippen molar-refractivity contribution in [2.75, 3.05) is 24.5 Å². The largest absolute Gasteiger partial charge is 0.488 e. The van der Waals surface area contributed by atoms with Gasteiger partial charge in [0.2, 0.25) is 5.91 Å². The zero-order valence-electron chi connectivity index (χ0n) is 16.4. The van der Waals surface area contributed by atoms with Crippen LogP contribution in [0.1, 0.15) is 30.4 Å². The van der Waals surface area contributed by atoms with Crippen LogP contribution in [0.25, 0.3) is 5.76 Å². The minimum Gasteiger partial charge on any atom is -0.488 e. The number of nitrogens with one attached hydrogen (secondary N) is 2. The molecule has 0 radical (unpaired) electrons. The predicted octanol–water partition coefficient (Wildman–Crippen LogP) is 3.08. The van der Waals surface area contributed by atoms with E-state index >= 15 is 0 Å². The highest BCUT2D eigenvalue weighted by atomic mass is 16.5. The van der Waals surface area contributed by atoms with Crippen molar-refractivity contribution in [3.63, 3.8) is 0 Å². The van der Waals surface area contributed by atoms with Crippen molar-refractivity contribution in [1.82, 2.24) is 10.8 Å². The molecule has 2 aliphatic rings. The normalized spacial score (nSPS) is 17.8. The molecule has 2 aliphatic heterocycles. The Bertz CT molecular complexity index is 876. The molecule has 4 rings (SSSR count). The van der Waals surface area contributed by atoms with E-state index in [0.29, 0.717) is 13.2 Å². The molecule has 0 saturated carbocycles. The summed E-state index contributed by atoms with van der Waals surface area (Å²) in [5, 5.41) is 12.5. The van der Waals surface area contributed by atoms with Crippen molar-refractivity contribution in [3.8, 4) is 0 Å². The van der Waals surface area contributed by atoms with Gasteiger partial charge in [-0.25, -0.2) is 5.48 Å². The lowest BCUT2D eigenvalue weighted by Gasteiger charge is -2.49. The van der Waals surface area contributed by atoms with Gasteiger partial charge >= 0.3 is 0 Å². The Hall–Kier alpha value is -2.83. The first kappa shape index (κ1) is 19.5. The van der Waals surface area contributed by atoms with Crippen LogP contribution in [0.4, 0.5) is 5.69 Å². The van der Waals surface area contributed by atoms with E-state index < -0.39 is 0 Å². The summed E-state index contributed by atoms with van der Waals surface area (Å²) in [4.78, 5) is 14.4. The molecule has 0 aromatic heterocycles. The molecule has 0 atom stereocenters. The molecule has 6 nitrogen and oxygen atoms in total. The third-order valence-corrected chi connectivity index (χ3v) is 5.88. The number of carbonyl (C=O) groups is 1. The number of para-hydroxylation sites is 1. The van der Waals surface area contributed by atoms with Crippen LogP contribution in [-0.2, 0) is 16.1 Å². The van der Waals surface area contributed by atoms with Gasteiger partial charge in [-0.1, -0.05) is 42.5 Å². The van der Waals surface area contributed by atoms with Crippen LogP contribution in [0, 0.1) is 0 Å². The zero-order valence-corrected chi connectivity index (χ0v) is 16.4. The average molecular weight is 393 g/mol. The number of piperidine rings is 1. The molecule has 1 amide bonds. The van der Waals surface area contributed by atoms with Crippen LogP contribution >= 0.6 is 0 Å². The van der Waals surface area contributed by atoms with E-state index in [1.54, 1.807) is 0 Å². The summed E-state index contributed by atoms with van der Waals surface area (Å²) in [5.41, 5.74) is 4.72. The highest BCUT2D eigenvalue weighted by molar-refractivity contribution is 5.80. The molecule has 0 unspecified atom stereocenters. The van der Waals surface area contributed by atoms with E-state index in [2.05, 4.69) is 40.6 Å². The zero-order chi connectivity index (χ0) is 20.1. The minimum atomic E-state index is -0.348. The molecule has 29 heavy (non-hydrogen) atoms. The first-order valence-electron chi connectivity index (χ1n) is 10.1. The summed E-state index contributed by atoms with van der Waals surface area (Å²) in [7, 11) is 0. The fourth-order valence-electron chi connectivity index (χ4n) is 4.39. The number of ether oxygens (including phenoxy) is 1. The van der Waals surface area contributed by atoms with Gasteiger partial charge in [-0.2, -0.15) is 0 Å². The minimum absolute atomic E-state index is 0.258. The molecule has 152 valence electrons. The Labute approximate surface area is 171 Å². The molecule has 3 N–H and O–H groups in total. The molecule has 1 saturated heterocycles. The van der Waals surface area contributed by atoms with E-state index in [-0.39, 0.29) is 17.9 Å². The van der Waals surface area contributed by atoms with E-state index in [4.69, 9.17) is 9.94 Å². The standard InChI is InChI=1S/C23H27N3O3/c27-22(25-28)16-23(11-13-24-14-12-23)26-15-10-21(19-8-4-5-9-20(19)26)29-17-18-6-2-1-3-7-18/h1-10,24,28H,11-17H2,(H,25,27). The van der Waals surface area contributed by atoms with Gasteiger partial charge < -0.3 is 15.0 Å². The predicted molar refractivity (Wildman–Crippen MR) is 112 cm³/mol. The summed E-state index contributed by atoms with van der Waals surface area (Å²) in [5.74, 6) is 0.524. The van der Waals surface area contributed by atoms with Crippen molar-refractivity contribution in [2.24, 2.45) is 0 Å². The maximum atomic E-state index is 12.1. The molecule has 2 heterocycles. The molecular formula is C23H27N3O3. The summed E-state index contributed by atoms with van der Waals surface area (Å²) in [6.45, 7) is 2.87. The second-order valence-electron chi connectivity index (χ2n) is 7.66. The second-order valence-corrected chi connectivity index (χ2v) is 7.66. The van der Waals surface area contributed by atoms with Gasteiger partial charge in [0.25, 0.3) is 0 Å². The van der Waals surface area contributed by atoms with Crippen molar-refractivity contribution < 1.29 is 14.7 Å². The number of amides is 1. The van der Waals surface area contributed by atoms with Crippen LogP contribution < -0.4 is 15.7 Å². The quantitative estimate of drug-likeness (QED) is 0.520. The van der Waals surface area contributed by atoms with Crippen LogP contribution in [0.5, 0.6) is 0 Å². The van der Waals surface area contributed by atoms with E-state index in [0.717, 1.165) is 48.5 Å². The smallest absolute Gasteiger partial charge is 0.245 e. The number of anilines is 1. The maximum Gasteiger partial charge on any atom is 0.245 e. The lowest BCUT2D eigenvalue weighted by molar-refractivity contribution is -0.130. The van der Waals surface area contributed by atoms with Crippen molar-refractivity contribution in [2.45, 2.75) is 31.4 Å². The summed E-state index contributed by atoms with van der Waals surface area (Å²) >= 11 is 0. The van der Waals surface area contributed by atoms with Gasteiger partial charge in [-0.3, -0.25) is 10.0 Å². The Morgan fingerprint density at radius 1 is 1.10 bits per heavy atom. The Morgan fingerprint density at radius 2 is 1.83 bits per heavy atom. The van der Waals surface area contributed by atoms with Gasteiger partial charge in [0.15, 0.2) is 0 Å². The topological polar surface area (TPSA) is 73.8 Å². The molecule has 2 aromatic carbocycles. The molecule has 0 bridgehead atoms. The molecule has 0 aliphatic carbocycles. The fraction of sp³-hybridized carbons (Fsp3) is 0.348. The van der Waals surface area contributed by atoms with Gasteiger partial charge in [0.05, 0.1) is 12.0 Å². The molecule has 6 heteroatoms. The van der Waals surface area contributed by atoms with Crippen molar-refractivity contribution >= 4 is 17.4 Å². The second kappa shape index (κ2) is 8.68. The van der Waals surface area contributed by atoms with Gasteiger partial charge in [-0.05, 0) is 49.7 Å². The number of hydrogen-bond acceptors (Lipinski definition) is 5. The third kappa shape index (κ3) is 4.13. The van der Waals surface area contributed by atoms with Crippen LogP contribution in [0.3, 0.4) is 0 Å². The Kier molecular flexibility index (Phi) is 5.83. The number of nitrogens with zero attached hydrogens (tertiary/aromatic N) is 1. The third-order valence-electron chi connectivity index (χ3n) is 5.88. The monoisotopic (exact) mass is 393 g/mol. The number of rotatable bonds is 6. The van der Waals surface area contributed by atoms with Crippen LogP contribution in [0.15, 0.2) is 60.7 Å². The summed E-state index contributed by atoms with van der Waals surface area (Å²) in [6, 6.07) is 18.3. The Balaban J connectivity index is 1.61. The lowest BCUT2D eigenvalue weighted by atomic mass is 9.81. The van der Waals surface area contributed by atoms with Gasteiger partial charge in [0, 0.05) is 17.8 Å². The van der Waals surface area contributed by atoms with E-state index in [1.165, 1.54) is 0 Å². The highest BCUT2D eigenvalue weighted by Crippen LogP contribution is 2.41. The van der Waals surface area contributed by atoms with Gasteiger partial charge in [0.1, 0.15) is 12.4 Å². The summed E-state index contributed by atoms with van der Waals surface area (Å²) < 4.78 is 6.17.